The van der Waals surface area contributed by atoms with Gasteiger partial charge < -0.3 is 15.4 Å². The number of benzene rings is 2. The molecular formula is C22H30Cl2FN3O2. The Morgan fingerprint density at radius 1 is 1.03 bits per heavy atom. The smallest absolute Gasteiger partial charge is 0.257 e. The van der Waals surface area contributed by atoms with E-state index >= 15 is 0 Å². The number of nitrogens with two attached hydrogens (primary N) is 1. The van der Waals surface area contributed by atoms with Gasteiger partial charge >= 0.3 is 0 Å². The van der Waals surface area contributed by atoms with Crippen LogP contribution in [0.25, 0.3) is 0 Å². The molecule has 3 rings (SSSR count). The van der Waals surface area contributed by atoms with E-state index in [4.69, 9.17) is 10.5 Å². The Labute approximate surface area is 190 Å². The first kappa shape index (κ1) is 26.2. The third kappa shape index (κ3) is 6.57. The second kappa shape index (κ2) is 12.1. The standard InChI is InChI=1S/C22H28FN3O2.2ClH/c1-16(2)25-11-13-26(14-12-25)22(27)20-15-19(7-8-21(20)23)28-18-5-3-17(4-6-18)9-10-24;;/h3-8,15-16H,9-14,24H2,1-2H3;2*1H. The predicted molar refractivity (Wildman–Crippen MR) is 123 cm³/mol. The summed E-state index contributed by atoms with van der Waals surface area (Å²) in [5.74, 6) is 0.264. The highest BCUT2D eigenvalue weighted by Gasteiger charge is 2.25. The third-order valence-electron chi connectivity index (χ3n) is 5.09. The number of amides is 1. The lowest BCUT2D eigenvalue weighted by Gasteiger charge is -2.37. The van der Waals surface area contributed by atoms with Crippen LogP contribution in [-0.4, -0.2) is 54.5 Å². The summed E-state index contributed by atoms with van der Waals surface area (Å²) < 4.78 is 20.1. The molecule has 1 aliphatic rings. The number of halogens is 3. The van der Waals surface area contributed by atoms with Crippen LogP contribution in [0.1, 0.15) is 29.8 Å². The van der Waals surface area contributed by atoms with Gasteiger partial charge in [0.1, 0.15) is 17.3 Å². The summed E-state index contributed by atoms with van der Waals surface area (Å²) in [6, 6.07) is 12.4. The minimum absolute atomic E-state index is 0. The molecule has 1 heterocycles. The maximum absolute atomic E-state index is 14.3. The minimum Gasteiger partial charge on any atom is -0.457 e. The Balaban J connectivity index is 0.00000225. The van der Waals surface area contributed by atoms with E-state index in [1.165, 1.54) is 18.2 Å². The van der Waals surface area contributed by atoms with Crippen molar-refractivity contribution in [2.24, 2.45) is 5.73 Å². The van der Waals surface area contributed by atoms with Crippen LogP contribution in [0.15, 0.2) is 42.5 Å². The van der Waals surface area contributed by atoms with Crippen molar-refractivity contribution >= 4 is 30.7 Å². The Morgan fingerprint density at radius 3 is 2.20 bits per heavy atom. The van der Waals surface area contributed by atoms with E-state index in [1.54, 1.807) is 4.90 Å². The Morgan fingerprint density at radius 2 is 1.63 bits per heavy atom. The number of carbonyl (C=O) groups excluding carboxylic acids is 1. The molecule has 30 heavy (non-hydrogen) atoms. The summed E-state index contributed by atoms with van der Waals surface area (Å²) >= 11 is 0. The minimum atomic E-state index is -0.526. The molecule has 5 nitrogen and oxygen atoms in total. The molecule has 0 unspecified atom stereocenters. The average molecular weight is 458 g/mol. The molecule has 2 aromatic rings. The summed E-state index contributed by atoms with van der Waals surface area (Å²) in [4.78, 5) is 16.8. The molecule has 2 aromatic carbocycles. The first-order valence-corrected chi connectivity index (χ1v) is 9.77. The fraction of sp³-hybridized carbons (Fsp3) is 0.409. The van der Waals surface area contributed by atoms with E-state index in [0.717, 1.165) is 25.1 Å². The Kier molecular flexibility index (Phi) is 10.6. The molecule has 1 saturated heterocycles. The number of piperazine rings is 1. The number of hydrogen-bond donors (Lipinski definition) is 1. The molecular weight excluding hydrogens is 428 g/mol. The quantitative estimate of drug-likeness (QED) is 0.708. The van der Waals surface area contributed by atoms with Gasteiger partial charge in [-0.25, -0.2) is 4.39 Å². The van der Waals surface area contributed by atoms with Crippen LogP contribution in [-0.2, 0) is 6.42 Å². The van der Waals surface area contributed by atoms with E-state index in [2.05, 4.69) is 18.7 Å². The number of ether oxygens (including phenoxy) is 1. The molecule has 0 spiro atoms. The van der Waals surface area contributed by atoms with Crippen LogP contribution in [0, 0.1) is 5.82 Å². The molecule has 1 fully saturated rings. The van der Waals surface area contributed by atoms with Crippen molar-refractivity contribution in [3.05, 3.63) is 59.4 Å². The summed E-state index contributed by atoms with van der Waals surface area (Å²) in [5, 5.41) is 0. The Bertz CT molecular complexity index is 811. The summed E-state index contributed by atoms with van der Waals surface area (Å²) in [5.41, 5.74) is 6.74. The normalized spacial score (nSPS) is 14.1. The highest BCUT2D eigenvalue weighted by molar-refractivity contribution is 5.95. The van der Waals surface area contributed by atoms with Crippen molar-refractivity contribution in [3.8, 4) is 11.5 Å². The topological polar surface area (TPSA) is 58.8 Å². The zero-order chi connectivity index (χ0) is 20.1. The lowest BCUT2D eigenvalue weighted by molar-refractivity contribution is 0.0591. The number of rotatable bonds is 6. The first-order valence-electron chi connectivity index (χ1n) is 9.77. The fourth-order valence-corrected chi connectivity index (χ4v) is 3.37. The molecule has 0 aromatic heterocycles. The predicted octanol–water partition coefficient (Wildman–Crippen LogP) is 4.13. The summed E-state index contributed by atoms with van der Waals surface area (Å²) in [6.45, 7) is 7.68. The van der Waals surface area contributed by atoms with Crippen LogP contribution in [0.2, 0.25) is 0 Å². The summed E-state index contributed by atoms with van der Waals surface area (Å²) in [7, 11) is 0. The van der Waals surface area contributed by atoms with Crippen molar-refractivity contribution in [3.63, 3.8) is 0 Å². The monoisotopic (exact) mass is 457 g/mol. The van der Waals surface area contributed by atoms with Gasteiger partial charge in [-0.15, -0.1) is 24.8 Å². The van der Waals surface area contributed by atoms with Crippen LogP contribution < -0.4 is 10.5 Å². The van der Waals surface area contributed by atoms with E-state index < -0.39 is 5.82 Å². The molecule has 1 aliphatic heterocycles. The molecule has 0 radical (unpaired) electrons. The highest BCUT2D eigenvalue weighted by atomic mass is 35.5. The van der Waals surface area contributed by atoms with Gasteiger partial charge in [0, 0.05) is 32.2 Å². The molecule has 0 saturated carbocycles. The van der Waals surface area contributed by atoms with Gasteiger partial charge in [0.15, 0.2) is 0 Å². The molecule has 0 bridgehead atoms. The van der Waals surface area contributed by atoms with Crippen molar-refractivity contribution in [1.82, 2.24) is 9.80 Å². The molecule has 166 valence electrons. The van der Waals surface area contributed by atoms with Gasteiger partial charge in [-0.3, -0.25) is 9.69 Å². The summed E-state index contributed by atoms with van der Waals surface area (Å²) in [6.07, 6.45) is 0.805. The number of hydrogen-bond acceptors (Lipinski definition) is 4. The molecule has 8 heteroatoms. The second-order valence-corrected chi connectivity index (χ2v) is 7.35. The molecule has 2 N–H and O–H groups in total. The van der Waals surface area contributed by atoms with Gasteiger partial charge in [-0.1, -0.05) is 12.1 Å². The van der Waals surface area contributed by atoms with Crippen LogP contribution in [0.5, 0.6) is 11.5 Å². The maximum atomic E-state index is 14.3. The lowest BCUT2D eigenvalue weighted by Crippen LogP contribution is -2.50. The van der Waals surface area contributed by atoms with Gasteiger partial charge in [0.25, 0.3) is 5.91 Å². The first-order chi connectivity index (χ1) is 13.5. The average Bonchev–Trinajstić information content (AvgIpc) is 2.70. The van der Waals surface area contributed by atoms with Crippen molar-refractivity contribution < 1.29 is 13.9 Å². The van der Waals surface area contributed by atoms with E-state index in [1.807, 2.05) is 24.3 Å². The largest absolute Gasteiger partial charge is 0.457 e. The molecule has 0 atom stereocenters. The molecule has 1 amide bonds. The van der Waals surface area contributed by atoms with E-state index in [9.17, 15) is 9.18 Å². The second-order valence-electron chi connectivity index (χ2n) is 7.35. The van der Waals surface area contributed by atoms with Gasteiger partial charge in [-0.05, 0) is 62.7 Å². The van der Waals surface area contributed by atoms with Crippen molar-refractivity contribution in [2.45, 2.75) is 26.3 Å². The zero-order valence-corrected chi connectivity index (χ0v) is 19.0. The van der Waals surface area contributed by atoms with Crippen molar-refractivity contribution in [2.75, 3.05) is 32.7 Å². The van der Waals surface area contributed by atoms with Crippen LogP contribution in [0.4, 0.5) is 4.39 Å². The van der Waals surface area contributed by atoms with E-state index in [-0.39, 0.29) is 36.3 Å². The van der Waals surface area contributed by atoms with Gasteiger partial charge in [-0.2, -0.15) is 0 Å². The molecule has 0 aliphatic carbocycles. The van der Waals surface area contributed by atoms with Crippen LogP contribution >= 0.6 is 24.8 Å². The maximum Gasteiger partial charge on any atom is 0.257 e. The van der Waals surface area contributed by atoms with E-state index in [0.29, 0.717) is 37.2 Å². The fourth-order valence-electron chi connectivity index (χ4n) is 3.37. The van der Waals surface area contributed by atoms with Gasteiger partial charge in [0.05, 0.1) is 5.56 Å². The SMILES string of the molecule is CC(C)N1CCN(C(=O)c2cc(Oc3ccc(CCN)cc3)ccc2F)CC1.Cl.Cl. The third-order valence-corrected chi connectivity index (χ3v) is 5.09. The Hall–Kier alpha value is -1.86. The highest BCUT2D eigenvalue weighted by Crippen LogP contribution is 2.25. The number of nitrogens with zero attached hydrogens (tertiary/aromatic N) is 2. The van der Waals surface area contributed by atoms with Gasteiger partial charge in [0.2, 0.25) is 0 Å². The van der Waals surface area contributed by atoms with Crippen LogP contribution in [0.3, 0.4) is 0 Å². The number of carbonyl (C=O) groups is 1. The lowest BCUT2D eigenvalue weighted by atomic mass is 10.1. The van der Waals surface area contributed by atoms with Crippen molar-refractivity contribution in [1.29, 1.82) is 0 Å². The zero-order valence-electron chi connectivity index (χ0n) is 17.3.